The standard InChI is InChI=1S/C11H14F8O/c1-8(12,13)10(16,17)20-11(18,19)9(14,15)7-5-3-2-4-6-7/h7H,2-6H2,1H3. The molecular weight excluding hydrogens is 300 g/mol. The van der Waals surface area contributed by atoms with E-state index in [0.29, 0.717) is 6.42 Å². The fourth-order valence-corrected chi connectivity index (χ4v) is 2.02. The zero-order valence-corrected chi connectivity index (χ0v) is 10.5. The summed E-state index contributed by atoms with van der Waals surface area (Å²) in [6.07, 6.45) is -10.9. The van der Waals surface area contributed by atoms with Crippen LogP contribution in [0.1, 0.15) is 39.0 Å². The van der Waals surface area contributed by atoms with Gasteiger partial charge in [0.25, 0.3) is 0 Å². The van der Waals surface area contributed by atoms with Crippen molar-refractivity contribution in [1.29, 1.82) is 0 Å². The molecule has 0 N–H and O–H groups in total. The molecule has 0 amide bonds. The van der Waals surface area contributed by atoms with E-state index in [9.17, 15) is 35.1 Å². The van der Waals surface area contributed by atoms with E-state index in [4.69, 9.17) is 0 Å². The summed E-state index contributed by atoms with van der Waals surface area (Å²) >= 11 is 0. The Morgan fingerprint density at radius 1 is 0.750 bits per heavy atom. The monoisotopic (exact) mass is 314 g/mol. The van der Waals surface area contributed by atoms with Crippen molar-refractivity contribution < 1.29 is 39.9 Å². The second-order valence-corrected chi connectivity index (χ2v) is 4.98. The fraction of sp³-hybridized carbons (Fsp3) is 1.00. The molecule has 0 aromatic heterocycles. The van der Waals surface area contributed by atoms with E-state index in [2.05, 4.69) is 4.74 Å². The van der Waals surface area contributed by atoms with Gasteiger partial charge in [0.05, 0.1) is 0 Å². The van der Waals surface area contributed by atoms with Gasteiger partial charge in [-0.05, 0) is 12.8 Å². The Balaban J connectivity index is 2.90. The van der Waals surface area contributed by atoms with Crippen molar-refractivity contribution in [3.05, 3.63) is 0 Å². The lowest BCUT2D eigenvalue weighted by Crippen LogP contribution is -2.55. The summed E-state index contributed by atoms with van der Waals surface area (Å²) in [6.45, 7) is -0.387. The molecule has 0 saturated heterocycles. The Labute approximate surface area is 110 Å². The molecule has 20 heavy (non-hydrogen) atoms. The molecule has 0 aliphatic heterocycles. The second kappa shape index (κ2) is 5.31. The number of hydrogen-bond donors (Lipinski definition) is 0. The van der Waals surface area contributed by atoms with Crippen LogP contribution in [0.4, 0.5) is 35.1 Å². The average molecular weight is 314 g/mol. The Kier molecular flexibility index (Phi) is 4.63. The first-order chi connectivity index (χ1) is 8.81. The van der Waals surface area contributed by atoms with Crippen molar-refractivity contribution in [2.24, 2.45) is 5.92 Å². The molecule has 0 radical (unpaired) electrons. The van der Waals surface area contributed by atoms with Crippen LogP contribution in [0.2, 0.25) is 0 Å². The quantitative estimate of drug-likeness (QED) is 0.645. The minimum absolute atomic E-state index is 0.247. The Bertz CT molecular complexity index is 330. The second-order valence-electron chi connectivity index (χ2n) is 4.98. The van der Waals surface area contributed by atoms with Gasteiger partial charge in [0, 0.05) is 12.8 Å². The van der Waals surface area contributed by atoms with Gasteiger partial charge in [-0.15, -0.1) is 0 Å². The SMILES string of the molecule is CC(F)(F)C(F)(F)OC(F)(F)C(F)(F)C1CCCCC1. The zero-order valence-electron chi connectivity index (χ0n) is 10.5. The van der Waals surface area contributed by atoms with Crippen LogP contribution in [0, 0.1) is 5.92 Å². The third-order valence-corrected chi connectivity index (χ3v) is 3.27. The smallest absolute Gasteiger partial charge is 0.246 e. The maximum Gasteiger partial charge on any atom is 0.424 e. The fourth-order valence-electron chi connectivity index (χ4n) is 2.02. The van der Waals surface area contributed by atoms with Gasteiger partial charge in [0.1, 0.15) is 0 Å². The zero-order chi connectivity index (χ0) is 15.8. The molecule has 1 saturated carbocycles. The highest BCUT2D eigenvalue weighted by atomic mass is 19.3. The first-order valence-electron chi connectivity index (χ1n) is 6.03. The normalized spacial score (nSPS) is 20.2. The van der Waals surface area contributed by atoms with E-state index in [1.54, 1.807) is 0 Å². The average Bonchev–Trinajstić information content (AvgIpc) is 2.27. The molecule has 1 aliphatic rings. The summed E-state index contributed by atoms with van der Waals surface area (Å²) in [7, 11) is 0. The van der Waals surface area contributed by atoms with Gasteiger partial charge in [0.15, 0.2) is 0 Å². The Morgan fingerprint density at radius 2 is 1.20 bits per heavy atom. The van der Waals surface area contributed by atoms with Crippen molar-refractivity contribution >= 4 is 0 Å². The molecule has 120 valence electrons. The molecule has 0 bridgehead atoms. The largest absolute Gasteiger partial charge is 0.424 e. The summed E-state index contributed by atoms with van der Waals surface area (Å²) in [5.41, 5.74) is 0. The molecule has 0 aromatic rings. The van der Waals surface area contributed by atoms with Gasteiger partial charge in [0.2, 0.25) is 0 Å². The van der Waals surface area contributed by atoms with Crippen molar-refractivity contribution in [2.45, 2.75) is 63.1 Å². The molecule has 0 atom stereocenters. The lowest BCUT2D eigenvalue weighted by molar-refractivity contribution is -0.471. The number of halogens is 8. The first kappa shape index (κ1) is 17.5. The lowest BCUT2D eigenvalue weighted by Gasteiger charge is -2.36. The highest BCUT2D eigenvalue weighted by Crippen LogP contribution is 2.50. The van der Waals surface area contributed by atoms with Crippen molar-refractivity contribution in [3.63, 3.8) is 0 Å². The minimum Gasteiger partial charge on any atom is -0.246 e. The Morgan fingerprint density at radius 3 is 1.60 bits per heavy atom. The molecular formula is C11H14F8O. The van der Waals surface area contributed by atoms with Gasteiger partial charge in [-0.2, -0.15) is 35.1 Å². The van der Waals surface area contributed by atoms with Crippen LogP contribution in [-0.4, -0.2) is 24.1 Å². The van der Waals surface area contributed by atoms with Crippen LogP contribution in [-0.2, 0) is 4.74 Å². The van der Waals surface area contributed by atoms with Crippen molar-refractivity contribution in [1.82, 2.24) is 0 Å². The predicted molar refractivity (Wildman–Crippen MR) is 53.1 cm³/mol. The molecule has 1 aliphatic carbocycles. The maximum absolute atomic E-state index is 13.6. The van der Waals surface area contributed by atoms with Crippen LogP contribution in [0.5, 0.6) is 0 Å². The van der Waals surface area contributed by atoms with Crippen LogP contribution in [0.25, 0.3) is 0 Å². The van der Waals surface area contributed by atoms with Crippen LogP contribution in [0.3, 0.4) is 0 Å². The number of hydrogen-bond acceptors (Lipinski definition) is 1. The number of ether oxygens (including phenoxy) is 1. The molecule has 0 spiro atoms. The van der Waals surface area contributed by atoms with E-state index < -0.39 is 30.0 Å². The van der Waals surface area contributed by atoms with Gasteiger partial charge in [-0.25, -0.2) is 4.74 Å². The molecule has 1 fully saturated rings. The lowest BCUT2D eigenvalue weighted by atomic mass is 9.84. The van der Waals surface area contributed by atoms with Crippen molar-refractivity contribution in [2.75, 3.05) is 0 Å². The third-order valence-electron chi connectivity index (χ3n) is 3.27. The number of rotatable bonds is 5. The van der Waals surface area contributed by atoms with E-state index >= 15 is 0 Å². The van der Waals surface area contributed by atoms with Gasteiger partial charge in [-0.3, -0.25) is 0 Å². The molecule has 0 heterocycles. The van der Waals surface area contributed by atoms with Gasteiger partial charge < -0.3 is 0 Å². The van der Waals surface area contributed by atoms with Gasteiger partial charge >= 0.3 is 24.1 Å². The summed E-state index contributed by atoms with van der Waals surface area (Å²) in [6, 6.07) is 0. The van der Waals surface area contributed by atoms with E-state index in [0.717, 1.165) is 0 Å². The molecule has 9 heteroatoms. The highest BCUT2D eigenvalue weighted by molar-refractivity contribution is 4.88. The van der Waals surface area contributed by atoms with E-state index in [1.807, 2.05) is 0 Å². The summed E-state index contributed by atoms with van der Waals surface area (Å²) in [4.78, 5) is 0. The van der Waals surface area contributed by atoms with Gasteiger partial charge in [-0.1, -0.05) is 19.3 Å². The molecule has 0 aromatic carbocycles. The van der Waals surface area contributed by atoms with Crippen LogP contribution in [0.15, 0.2) is 0 Å². The summed E-state index contributed by atoms with van der Waals surface area (Å²) < 4.78 is 106. The topological polar surface area (TPSA) is 9.23 Å². The van der Waals surface area contributed by atoms with Crippen LogP contribution >= 0.6 is 0 Å². The molecule has 0 unspecified atom stereocenters. The molecule has 1 rings (SSSR count). The minimum atomic E-state index is -5.69. The Hall–Kier alpha value is -0.600. The highest BCUT2D eigenvalue weighted by Gasteiger charge is 2.69. The maximum atomic E-state index is 13.6. The first-order valence-corrected chi connectivity index (χ1v) is 6.03. The predicted octanol–water partition coefficient (Wildman–Crippen LogP) is 5.06. The summed E-state index contributed by atoms with van der Waals surface area (Å²) in [5, 5.41) is 0. The van der Waals surface area contributed by atoms with E-state index in [1.165, 1.54) is 0 Å². The number of alkyl halides is 8. The third kappa shape index (κ3) is 3.35. The summed E-state index contributed by atoms with van der Waals surface area (Å²) in [5.74, 6) is -11.8. The van der Waals surface area contributed by atoms with E-state index in [-0.39, 0.29) is 32.6 Å². The van der Waals surface area contributed by atoms with Crippen molar-refractivity contribution in [3.8, 4) is 0 Å². The van der Waals surface area contributed by atoms with Crippen LogP contribution < -0.4 is 0 Å². The molecule has 1 nitrogen and oxygen atoms in total.